The Morgan fingerprint density at radius 1 is 1.25 bits per heavy atom. The van der Waals surface area contributed by atoms with Gasteiger partial charge in [0.1, 0.15) is 21.4 Å². The molecule has 0 aliphatic heterocycles. The molecule has 0 aliphatic carbocycles. The van der Waals surface area contributed by atoms with Crippen molar-refractivity contribution in [2.24, 2.45) is 0 Å². The molecular formula is C14H9BrO4S. The minimum atomic E-state index is -0.161. The fourth-order valence-corrected chi connectivity index (χ4v) is 2.91. The first-order valence-corrected chi connectivity index (χ1v) is 6.97. The van der Waals surface area contributed by atoms with Gasteiger partial charge in [0.25, 0.3) is 0 Å². The summed E-state index contributed by atoms with van der Waals surface area (Å²) in [7, 11) is 1.50. The van der Waals surface area contributed by atoms with Gasteiger partial charge in [0, 0.05) is 6.07 Å². The lowest BCUT2D eigenvalue weighted by Gasteiger charge is -2.10. The highest BCUT2D eigenvalue weighted by Crippen LogP contribution is 2.39. The fourth-order valence-electron chi connectivity index (χ4n) is 2.19. The maximum atomic E-state index is 12.2. The predicted octanol–water partition coefficient (Wildman–Crippen LogP) is 4.35. The summed E-state index contributed by atoms with van der Waals surface area (Å²) in [6, 6.07) is 4.85. The van der Waals surface area contributed by atoms with Crippen LogP contribution in [0.3, 0.4) is 0 Å². The molecule has 3 rings (SSSR count). The summed E-state index contributed by atoms with van der Waals surface area (Å²) >= 11 is 8.45. The molecule has 0 saturated heterocycles. The Balaban J connectivity index is 2.72. The summed E-state index contributed by atoms with van der Waals surface area (Å²) in [5, 5.41) is 1.04. The highest BCUT2D eigenvalue weighted by molar-refractivity contribution is 9.10. The second kappa shape index (κ2) is 4.71. The minimum absolute atomic E-state index is 0.161. The number of rotatable bonds is 1. The van der Waals surface area contributed by atoms with Gasteiger partial charge >= 0.3 is 0 Å². The van der Waals surface area contributed by atoms with Crippen molar-refractivity contribution in [3.63, 3.8) is 0 Å². The number of hydrogen-bond donors (Lipinski definition) is 0. The van der Waals surface area contributed by atoms with Gasteiger partial charge in [0.05, 0.1) is 12.5 Å². The van der Waals surface area contributed by atoms with E-state index in [1.54, 1.807) is 19.1 Å². The Hall–Kier alpha value is -1.66. The number of methoxy groups -OCH3 is 1. The first kappa shape index (κ1) is 13.3. The van der Waals surface area contributed by atoms with Crippen LogP contribution in [-0.4, -0.2) is 7.11 Å². The Morgan fingerprint density at radius 2 is 2.00 bits per heavy atom. The summed E-state index contributed by atoms with van der Waals surface area (Å²) in [4.78, 5) is 12.2. The molecule has 2 aromatic heterocycles. The third-order valence-corrected chi connectivity index (χ3v) is 3.92. The zero-order valence-electron chi connectivity index (χ0n) is 10.7. The standard InChI is InChI=1S/C14H9BrO4S/c1-6-5-8(16)10-12(17-2)7-3-4-9(20)19-13(7)11(15)14(10)18-6/h3-5H,1-2H3. The molecule has 6 heteroatoms. The van der Waals surface area contributed by atoms with Crippen LogP contribution in [-0.2, 0) is 0 Å². The van der Waals surface area contributed by atoms with E-state index in [0.29, 0.717) is 42.6 Å². The van der Waals surface area contributed by atoms with E-state index in [1.165, 1.54) is 13.2 Å². The molecule has 0 N–H and O–H groups in total. The van der Waals surface area contributed by atoms with Crippen LogP contribution in [0.2, 0.25) is 0 Å². The smallest absolute Gasteiger partial charge is 0.196 e. The zero-order valence-corrected chi connectivity index (χ0v) is 13.1. The van der Waals surface area contributed by atoms with Crippen LogP contribution in [0.5, 0.6) is 5.75 Å². The molecule has 0 radical (unpaired) electrons. The van der Waals surface area contributed by atoms with E-state index >= 15 is 0 Å². The molecular weight excluding hydrogens is 344 g/mol. The lowest BCUT2D eigenvalue weighted by molar-refractivity contribution is 0.422. The molecule has 102 valence electrons. The van der Waals surface area contributed by atoms with Gasteiger partial charge in [-0.1, -0.05) is 0 Å². The highest BCUT2D eigenvalue weighted by Gasteiger charge is 2.19. The second-order valence-corrected chi connectivity index (χ2v) is 5.47. The maximum absolute atomic E-state index is 12.2. The number of ether oxygens (including phenoxy) is 1. The third kappa shape index (κ3) is 1.87. The number of aryl methyl sites for hydroxylation is 1. The quantitative estimate of drug-likeness (QED) is 0.481. The first-order valence-electron chi connectivity index (χ1n) is 5.76. The molecule has 0 amide bonds. The molecule has 20 heavy (non-hydrogen) atoms. The molecule has 3 aromatic rings. The van der Waals surface area contributed by atoms with E-state index in [0.717, 1.165) is 0 Å². The second-order valence-electron chi connectivity index (χ2n) is 4.27. The van der Waals surface area contributed by atoms with Crippen LogP contribution in [0.1, 0.15) is 5.76 Å². The topological polar surface area (TPSA) is 52.6 Å². The summed E-state index contributed by atoms with van der Waals surface area (Å²) in [6.07, 6.45) is 0. The summed E-state index contributed by atoms with van der Waals surface area (Å²) in [5.41, 5.74) is 0.727. The van der Waals surface area contributed by atoms with Crippen LogP contribution < -0.4 is 10.2 Å². The predicted molar refractivity (Wildman–Crippen MR) is 82.1 cm³/mol. The van der Waals surface area contributed by atoms with Gasteiger partial charge in [-0.15, -0.1) is 0 Å². The summed E-state index contributed by atoms with van der Waals surface area (Å²) in [5.74, 6) is 0.935. The van der Waals surface area contributed by atoms with E-state index in [2.05, 4.69) is 15.9 Å². The lowest BCUT2D eigenvalue weighted by atomic mass is 10.1. The number of fused-ring (bicyclic) bond motifs is 2. The van der Waals surface area contributed by atoms with Crippen molar-refractivity contribution in [1.29, 1.82) is 0 Å². The van der Waals surface area contributed by atoms with Crippen molar-refractivity contribution in [2.45, 2.75) is 6.92 Å². The minimum Gasteiger partial charge on any atom is -0.495 e. The molecule has 0 bridgehead atoms. The normalized spacial score (nSPS) is 11.2. The Morgan fingerprint density at radius 3 is 2.70 bits per heavy atom. The van der Waals surface area contributed by atoms with Gasteiger partial charge < -0.3 is 13.6 Å². The summed E-state index contributed by atoms with van der Waals surface area (Å²) < 4.78 is 17.5. The number of benzene rings is 1. The highest BCUT2D eigenvalue weighted by atomic mass is 79.9. The van der Waals surface area contributed by atoms with Crippen LogP contribution in [0.25, 0.3) is 21.9 Å². The van der Waals surface area contributed by atoms with Crippen LogP contribution in [0.4, 0.5) is 0 Å². The van der Waals surface area contributed by atoms with Crippen molar-refractivity contribution in [3.8, 4) is 5.75 Å². The molecule has 4 nitrogen and oxygen atoms in total. The molecule has 1 aromatic carbocycles. The fraction of sp³-hybridized carbons (Fsp3) is 0.143. The van der Waals surface area contributed by atoms with Crippen LogP contribution >= 0.6 is 28.1 Å². The largest absolute Gasteiger partial charge is 0.495 e. The SMILES string of the molecule is COc1c2ccc(=S)oc2c(Br)c2oc(C)cc(=O)c12. The lowest BCUT2D eigenvalue weighted by Crippen LogP contribution is -2.04. The third-order valence-electron chi connectivity index (χ3n) is 2.98. The zero-order chi connectivity index (χ0) is 14.4. The number of hydrogen-bond acceptors (Lipinski definition) is 5. The van der Waals surface area contributed by atoms with Gasteiger partial charge in [-0.05, 0) is 47.2 Å². The van der Waals surface area contributed by atoms with Gasteiger partial charge in [-0.25, -0.2) is 0 Å². The van der Waals surface area contributed by atoms with Gasteiger partial charge in [-0.3, -0.25) is 4.79 Å². The van der Waals surface area contributed by atoms with Crippen molar-refractivity contribution in [3.05, 3.63) is 43.4 Å². The molecule has 0 fully saturated rings. The summed E-state index contributed by atoms with van der Waals surface area (Å²) in [6.45, 7) is 1.71. The van der Waals surface area contributed by atoms with Gasteiger partial charge in [-0.2, -0.15) is 0 Å². The van der Waals surface area contributed by atoms with Crippen molar-refractivity contribution >= 4 is 50.1 Å². The average Bonchev–Trinajstić information content (AvgIpc) is 2.40. The van der Waals surface area contributed by atoms with Crippen molar-refractivity contribution < 1.29 is 13.6 Å². The van der Waals surface area contributed by atoms with E-state index in [-0.39, 0.29) is 5.43 Å². The molecule has 0 atom stereocenters. The Bertz CT molecular complexity index is 955. The van der Waals surface area contributed by atoms with Crippen molar-refractivity contribution in [2.75, 3.05) is 7.11 Å². The van der Waals surface area contributed by atoms with E-state index in [4.69, 9.17) is 25.8 Å². The average molecular weight is 353 g/mol. The molecule has 0 spiro atoms. The molecule has 0 unspecified atom stereocenters. The molecule has 2 heterocycles. The maximum Gasteiger partial charge on any atom is 0.196 e. The van der Waals surface area contributed by atoms with Crippen LogP contribution in [0.15, 0.2) is 36.3 Å². The van der Waals surface area contributed by atoms with Gasteiger partial charge in [0.2, 0.25) is 0 Å². The molecule has 0 saturated carbocycles. The first-order chi connectivity index (χ1) is 9.52. The molecule has 0 aliphatic rings. The van der Waals surface area contributed by atoms with Gasteiger partial charge in [0.15, 0.2) is 21.3 Å². The van der Waals surface area contributed by atoms with E-state index < -0.39 is 0 Å². The van der Waals surface area contributed by atoms with E-state index in [1.807, 2.05) is 0 Å². The van der Waals surface area contributed by atoms with Crippen molar-refractivity contribution in [1.82, 2.24) is 0 Å². The Kier molecular flexibility index (Phi) is 3.14. The Labute approximate surface area is 127 Å². The van der Waals surface area contributed by atoms with Crippen LogP contribution in [0, 0.1) is 11.6 Å². The van der Waals surface area contributed by atoms with E-state index in [9.17, 15) is 4.79 Å². The monoisotopic (exact) mass is 352 g/mol. The number of halogens is 1.